The maximum Gasteiger partial charge on any atom is 0.160 e. The lowest BCUT2D eigenvalue weighted by Gasteiger charge is -2.12. The van der Waals surface area contributed by atoms with Crippen LogP contribution in [-0.4, -0.2) is 19.1 Å². The Morgan fingerprint density at radius 1 is 0.370 bits per heavy atom. The molecule has 0 radical (unpaired) electrons. The average Bonchev–Trinajstić information content (AvgIpc) is 3.83. The molecule has 0 fully saturated rings. The van der Waals surface area contributed by atoms with E-state index >= 15 is 0 Å². The van der Waals surface area contributed by atoms with E-state index in [-0.39, 0.29) is 0 Å². The van der Waals surface area contributed by atoms with Crippen molar-refractivity contribution in [3.05, 3.63) is 194 Å². The second kappa shape index (κ2) is 12.1. The Balaban J connectivity index is 1.01. The highest BCUT2D eigenvalue weighted by Crippen LogP contribution is 2.39. The van der Waals surface area contributed by atoms with Crippen LogP contribution in [0.5, 0.6) is 0 Å². The number of aromatic nitrogens is 4. The second-order valence-electron chi connectivity index (χ2n) is 13.9. The Kier molecular flexibility index (Phi) is 6.82. The van der Waals surface area contributed by atoms with E-state index in [1.807, 2.05) is 6.07 Å². The summed E-state index contributed by atoms with van der Waals surface area (Å²) in [6, 6.07) is 66.8. The van der Waals surface area contributed by atoms with Gasteiger partial charge >= 0.3 is 0 Å². The summed E-state index contributed by atoms with van der Waals surface area (Å²) < 4.78 is 4.64. The Hall–Kier alpha value is -7.30. The number of benzene rings is 8. The molecule has 0 saturated carbocycles. The van der Waals surface area contributed by atoms with Crippen LogP contribution in [0.25, 0.3) is 99.5 Å². The number of fused-ring (bicyclic) bond motifs is 7. The first kappa shape index (κ1) is 30.3. The third-order valence-electron chi connectivity index (χ3n) is 10.7. The predicted molar refractivity (Wildman–Crippen MR) is 225 cm³/mol. The van der Waals surface area contributed by atoms with Crippen molar-refractivity contribution in [1.82, 2.24) is 19.1 Å². The third kappa shape index (κ3) is 4.85. The Labute approximate surface area is 311 Å². The summed E-state index contributed by atoms with van der Waals surface area (Å²) in [7, 11) is 0. The average molecular weight is 689 g/mol. The summed E-state index contributed by atoms with van der Waals surface area (Å²) in [6.45, 7) is 0. The van der Waals surface area contributed by atoms with E-state index in [0.29, 0.717) is 5.82 Å². The van der Waals surface area contributed by atoms with Gasteiger partial charge in [0.1, 0.15) is 0 Å². The van der Waals surface area contributed by atoms with Gasteiger partial charge in [-0.15, -0.1) is 0 Å². The molecule has 0 amide bonds. The summed E-state index contributed by atoms with van der Waals surface area (Å²) in [5.74, 6) is 0.709. The van der Waals surface area contributed by atoms with Gasteiger partial charge in [-0.05, 0) is 101 Å². The zero-order valence-corrected chi connectivity index (χ0v) is 29.3. The van der Waals surface area contributed by atoms with Crippen molar-refractivity contribution in [3.8, 4) is 45.1 Å². The molecule has 3 aromatic heterocycles. The van der Waals surface area contributed by atoms with Crippen LogP contribution in [0, 0.1) is 0 Å². The summed E-state index contributed by atoms with van der Waals surface area (Å²) >= 11 is 0. The maximum absolute atomic E-state index is 5.25. The van der Waals surface area contributed by atoms with Crippen LogP contribution in [0.1, 0.15) is 0 Å². The molecular weight excluding hydrogens is 657 g/mol. The fraction of sp³-hybridized carbons (Fsp3) is 0. The molecule has 0 atom stereocenters. The number of nitrogens with zero attached hydrogens (tertiary/aromatic N) is 4. The van der Waals surface area contributed by atoms with Crippen LogP contribution >= 0.6 is 0 Å². The zero-order valence-electron chi connectivity index (χ0n) is 29.3. The van der Waals surface area contributed by atoms with Gasteiger partial charge in [-0.1, -0.05) is 109 Å². The smallest absolute Gasteiger partial charge is 0.160 e. The van der Waals surface area contributed by atoms with Crippen molar-refractivity contribution in [2.45, 2.75) is 0 Å². The Morgan fingerprint density at radius 3 is 1.81 bits per heavy atom. The van der Waals surface area contributed by atoms with E-state index in [9.17, 15) is 0 Å². The van der Waals surface area contributed by atoms with Crippen molar-refractivity contribution >= 4 is 54.4 Å². The first-order chi connectivity index (χ1) is 26.8. The van der Waals surface area contributed by atoms with E-state index < -0.39 is 0 Å². The van der Waals surface area contributed by atoms with Gasteiger partial charge in [-0.2, -0.15) is 0 Å². The fourth-order valence-electron chi connectivity index (χ4n) is 8.16. The van der Waals surface area contributed by atoms with E-state index in [0.717, 1.165) is 39.1 Å². The molecule has 4 heteroatoms. The van der Waals surface area contributed by atoms with Gasteiger partial charge in [0.25, 0.3) is 0 Å². The summed E-state index contributed by atoms with van der Waals surface area (Å²) in [4.78, 5) is 10.3. The topological polar surface area (TPSA) is 35.6 Å². The van der Waals surface area contributed by atoms with Crippen molar-refractivity contribution in [2.75, 3.05) is 0 Å². The number of para-hydroxylation sites is 3. The molecule has 0 N–H and O–H groups in total. The molecule has 252 valence electrons. The molecule has 0 aliphatic heterocycles. The quantitative estimate of drug-likeness (QED) is 0.180. The van der Waals surface area contributed by atoms with Gasteiger partial charge in [-0.25, -0.2) is 9.97 Å². The largest absolute Gasteiger partial charge is 0.317 e. The minimum absolute atomic E-state index is 0.709. The highest BCUT2D eigenvalue weighted by atomic mass is 15.0. The fourth-order valence-corrected chi connectivity index (χ4v) is 8.16. The van der Waals surface area contributed by atoms with Gasteiger partial charge in [-0.3, -0.25) is 0 Å². The number of hydrogen-bond donors (Lipinski definition) is 0. The standard InChI is InChI=1S/C50H32N4/c1-3-11-33(12-4-1)35-19-20-37-32-38(22-21-36(37)31-35)49-41-15-7-9-17-44(41)51-50(52-49)34-23-25-40(26-24-34)54-46-18-10-8-16-42(46)48-43-29-30-53(39-13-5-2-6-14-39)45(43)27-28-47(48)54/h1-32H. The maximum atomic E-state index is 5.25. The third-order valence-corrected chi connectivity index (χ3v) is 10.7. The monoisotopic (exact) mass is 688 g/mol. The molecule has 4 nitrogen and oxygen atoms in total. The van der Waals surface area contributed by atoms with Crippen LogP contribution in [0.4, 0.5) is 0 Å². The van der Waals surface area contributed by atoms with Crippen LogP contribution < -0.4 is 0 Å². The molecule has 8 aromatic carbocycles. The van der Waals surface area contributed by atoms with Crippen molar-refractivity contribution in [2.24, 2.45) is 0 Å². The first-order valence-corrected chi connectivity index (χ1v) is 18.3. The first-order valence-electron chi connectivity index (χ1n) is 18.3. The highest BCUT2D eigenvalue weighted by Gasteiger charge is 2.18. The molecule has 54 heavy (non-hydrogen) atoms. The lowest BCUT2D eigenvalue weighted by molar-refractivity contribution is 1.13. The normalized spacial score (nSPS) is 11.7. The lowest BCUT2D eigenvalue weighted by Crippen LogP contribution is -1.97. The van der Waals surface area contributed by atoms with Gasteiger partial charge in [0.15, 0.2) is 5.82 Å². The van der Waals surface area contributed by atoms with Crippen LogP contribution in [-0.2, 0) is 0 Å². The number of hydrogen-bond acceptors (Lipinski definition) is 2. The van der Waals surface area contributed by atoms with Crippen molar-refractivity contribution < 1.29 is 0 Å². The molecule has 0 spiro atoms. The molecule has 0 bridgehead atoms. The molecule has 0 aliphatic rings. The van der Waals surface area contributed by atoms with E-state index in [1.165, 1.54) is 54.6 Å². The van der Waals surface area contributed by atoms with E-state index in [1.54, 1.807) is 0 Å². The zero-order chi connectivity index (χ0) is 35.6. The molecule has 11 aromatic rings. The van der Waals surface area contributed by atoms with Crippen LogP contribution in [0.15, 0.2) is 194 Å². The Bertz CT molecular complexity index is 3190. The van der Waals surface area contributed by atoms with Gasteiger partial charge in [0.2, 0.25) is 0 Å². The molecule has 0 unspecified atom stereocenters. The van der Waals surface area contributed by atoms with Gasteiger partial charge in [0.05, 0.1) is 27.8 Å². The highest BCUT2D eigenvalue weighted by molar-refractivity contribution is 6.21. The Morgan fingerprint density at radius 2 is 1.00 bits per heavy atom. The predicted octanol–water partition coefficient (Wildman–Crippen LogP) is 12.8. The molecule has 3 heterocycles. The minimum atomic E-state index is 0.709. The van der Waals surface area contributed by atoms with E-state index in [2.05, 4.69) is 197 Å². The van der Waals surface area contributed by atoms with Crippen molar-refractivity contribution in [1.29, 1.82) is 0 Å². The van der Waals surface area contributed by atoms with Crippen molar-refractivity contribution in [3.63, 3.8) is 0 Å². The lowest BCUT2D eigenvalue weighted by atomic mass is 9.98. The molecule has 0 aliphatic carbocycles. The summed E-state index contributed by atoms with van der Waals surface area (Å²) in [5, 5.41) is 7.16. The molecular formula is C50H32N4. The molecule has 11 rings (SSSR count). The number of rotatable bonds is 5. The second-order valence-corrected chi connectivity index (χ2v) is 13.9. The van der Waals surface area contributed by atoms with Crippen LogP contribution in [0.2, 0.25) is 0 Å². The molecule has 0 saturated heterocycles. The summed E-state index contributed by atoms with van der Waals surface area (Å²) in [6.07, 6.45) is 2.18. The van der Waals surface area contributed by atoms with Gasteiger partial charge in [0, 0.05) is 50.2 Å². The minimum Gasteiger partial charge on any atom is -0.317 e. The van der Waals surface area contributed by atoms with Gasteiger partial charge < -0.3 is 9.13 Å². The summed E-state index contributed by atoms with van der Waals surface area (Å²) in [5.41, 5.74) is 12.1. The SMILES string of the molecule is c1ccc(-c2ccc3cc(-c4nc(-c5ccc(-n6c7ccccc7c7c8ccn(-c9ccccc9)c8ccc76)cc5)nc5ccccc45)ccc3c2)cc1. The van der Waals surface area contributed by atoms with Crippen LogP contribution in [0.3, 0.4) is 0 Å². The van der Waals surface area contributed by atoms with E-state index in [4.69, 9.17) is 9.97 Å².